The van der Waals surface area contributed by atoms with E-state index >= 15 is 0 Å². The molecule has 0 bridgehead atoms. The second-order valence-electron chi connectivity index (χ2n) is 8.38. The van der Waals surface area contributed by atoms with Crippen molar-refractivity contribution in [3.8, 4) is 17.2 Å². The summed E-state index contributed by atoms with van der Waals surface area (Å²) in [5, 5.41) is 21.5. The molecule has 2 unspecified atom stereocenters. The molecule has 1 heterocycles. The number of phenols is 1. The van der Waals surface area contributed by atoms with Crippen LogP contribution < -0.4 is 9.47 Å². The van der Waals surface area contributed by atoms with Gasteiger partial charge in [-0.1, -0.05) is 30.3 Å². The first-order valence-electron chi connectivity index (χ1n) is 10.5. The van der Waals surface area contributed by atoms with Crippen LogP contribution in [0, 0.1) is 11.8 Å². The maximum Gasteiger partial charge on any atom is 0.203 e. The molecule has 5 heteroatoms. The van der Waals surface area contributed by atoms with Gasteiger partial charge in [0.25, 0.3) is 0 Å². The van der Waals surface area contributed by atoms with Crippen LogP contribution in [-0.4, -0.2) is 42.4 Å². The first kappa shape index (κ1) is 20.0. The first-order chi connectivity index (χ1) is 14.1. The summed E-state index contributed by atoms with van der Waals surface area (Å²) in [5.41, 5.74) is 2.96. The third-order valence-electron chi connectivity index (χ3n) is 6.59. The number of aliphatic hydroxyl groups is 1. The van der Waals surface area contributed by atoms with Crippen molar-refractivity contribution in [1.82, 2.24) is 4.90 Å². The van der Waals surface area contributed by atoms with Crippen molar-refractivity contribution in [2.24, 2.45) is 11.8 Å². The number of methoxy groups -OCH3 is 2. The molecule has 2 N–H and O–H groups in total. The predicted molar refractivity (Wildman–Crippen MR) is 112 cm³/mol. The third-order valence-corrected chi connectivity index (χ3v) is 6.59. The van der Waals surface area contributed by atoms with Crippen LogP contribution in [-0.2, 0) is 13.0 Å². The molecule has 0 radical (unpaired) electrons. The van der Waals surface area contributed by atoms with Crippen LogP contribution in [0.2, 0.25) is 0 Å². The lowest BCUT2D eigenvalue weighted by Gasteiger charge is -2.33. The monoisotopic (exact) mass is 397 g/mol. The van der Waals surface area contributed by atoms with Gasteiger partial charge in [-0.2, -0.15) is 0 Å². The predicted octanol–water partition coefficient (Wildman–Crippen LogP) is 3.92. The zero-order chi connectivity index (χ0) is 20.4. The molecule has 29 heavy (non-hydrogen) atoms. The van der Waals surface area contributed by atoms with Crippen molar-refractivity contribution in [3.63, 3.8) is 0 Å². The van der Waals surface area contributed by atoms with Crippen LogP contribution in [0.1, 0.15) is 42.1 Å². The SMILES string of the molecule is COc1cc2c(c(O)c1OC)C(O)C(CC1CCN(Cc3ccccc3)CC1)C2. The number of aromatic hydroxyl groups is 1. The number of phenolic OH excluding ortho intramolecular Hbond substituents is 1. The molecule has 0 saturated carbocycles. The Bertz CT molecular complexity index is 831. The normalized spacial score (nSPS) is 22.4. The van der Waals surface area contributed by atoms with E-state index in [2.05, 4.69) is 35.2 Å². The molecule has 0 amide bonds. The van der Waals surface area contributed by atoms with E-state index in [0.717, 1.165) is 50.9 Å². The third kappa shape index (κ3) is 4.07. The number of fused-ring (bicyclic) bond motifs is 1. The smallest absolute Gasteiger partial charge is 0.203 e. The minimum atomic E-state index is -0.646. The summed E-state index contributed by atoms with van der Waals surface area (Å²) in [6.45, 7) is 3.21. The number of hydrogen-bond donors (Lipinski definition) is 2. The molecule has 2 aliphatic rings. The molecule has 1 aliphatic heterocycles. The fraction of sp³-hybridized carbons (Fsp3) is 0.500. The fourth-order valence-corrected chi connectivity index (χ4v) is 5.03. The molecule has 5 nitrogen and oxygen atoms in total. The van der Waals surface area contributed by atoms with E-state index in [9.17, 15) is 10.2 Å². The van der Waals surface area contributed by atoms with Crippen LogP contribution in [0.3, 0.4) is 0 Å². The lowest BCUT2D eigenvalue weighted by Crippen LogP contribution is -2.34. The maximum atomic E-state index is 10.9. The summed E-state index contributed by atoms with van der Waals surface area (Å²) < 4.78 is 10.6. The van der Waals surface area contributed by atoms with Crippen molar-refractivity contribution >= 4 is 0 Å². The molecule has 0 spiro atoms. The molecule has 0 aromatic heterocycles. The van der Waals surface area contributed by atoms with Gasteiger partial charge in [-0.3, -0.25) is 4.90 Å². The Hall–Kier alpha value is -2.24. The topological polar surface area (TPSA) is 62.2 Å². The number of nitrogens with zero attached hydrogens (tertiary/aromatic N) is 1. The standard InChI is InChI=1S/C24H31NO4/c1-28-20-14-18-13-19(22(26)21(18)23(27)24(20)29-2)12-16-8-10-25(11-9-16)15-17-6-4-3-5-7-17/h3-7,14,16,19,22,26-27H,8-13,15H2,1-2H3. The highest BCUT2D eigenvalue weighted by Gasteiger charge is 2.37. The van der Waals surface area contributed by atoms with E-state index in [1.54, 1.807) is 7.11 Å². The van der Waals surface area contributed by atoms with Gasteiger partial charge < -0.3 is 19.7 Å². The Balaban J connectivity index is 1.37. The second kappa shape index (κ2) is 8.64. The average molecular weight is 398 g/mol. The number of piperidine rings is 1. The molecule has 2 atom stereocenters. The Morgan fingerprint density at radius 3 is 2.45 bits per heavy atom. The van der Waals surface area contributed by atoms with Crippen molar-refractivity contribution < 1.29 is 19.7 Å². The fourth-order valence-electron chi connectivity index (χ4n) is 5.03. The molecule has 1 fully saturated rings. The van der Waals surface area contributed by atoms with Crippen molar-refractivity contribution in [3.05, 3.63) is 53.1 Å². The van der Waals surface area contributed by atoms with E-state index in [-0.39, 0.29) is 11.7 Å². The van der Waals surface area contributed by atoms with Gasteiger partial charge in [-0.15, -0.1) is 0 Å². The lowest BCUT2D eigenvalue weighted by molar-refractivity contribution is 0.0878. The highest BCUT2D eigenvalue weighted by molar-refractivity contribution is 5.60. The molecule has 2 aromatic carbocycles. The van der Waals surface area contributed by atoms with E-state index in [1.165, 1.54) is 12.7 Å². The summed E-state index contributed by atoms with van der Waals surface area (Å²) in [7, 11) is 3.07. The van der Waals surface area contributed by atoms with Crippen LogP contribution in [0.15, 0.2) is 36.4 Å². The van der Waals surface area contributed by atoms with E-state index in [1.807, 2.05) is 6.07 Å². The number of benzene rings is 2. The number of rotatable bonds is 6. The van der Waals surface area contributed by atoms with Crippen LogP contribution in [0.4, 0.5) is 0 Å². The Morgan fingerprint density at radius 1 is 1.07 bits per heavy atom. The van der Waals surface area contributed by atoms with Crippen LogP contribution >= 0.6 is 0 Å². The molecule has 1 aliphatic carbocycles. The van der Waals surface area contributed by atoms with Gasteiger partial charge in [0.1, 0.15) is 0 Å². The highest BCUT2D eigenvalue weighted by atomic mass is 16.5. The van der Waals surface area contributed by atoms with Gasteiger partial charge in [0.2, 0.25) is 5.75 Å². The number of aliphatic hydroxyl groups excluding tert-OH is 1. The first-order valence-corrected chi connectivity index (χ1v) is 10.5. The van der Waals surface area contributed by atoms with Crippen molar-refractivity contribution in [1.29, 1.82) is 0 Å². The minimum Gasteiger partial charge on any atom is -0.504 e. The lowest BCUT2D eigenvalue weighted by atomic mass is 9.85. The Morgan fingerprint density at radius 2 is 1.79 bits per heavy atom. The van der Waals surface area contributed by atoms with E-state index in [0.29, 0.717) is 23.0 Å². The number of hydrogen-bond acceptors (Lipinski definition) is 5. The van der Waals surface area contributed by atoms with Crippen molar-refractivity contribution in [2.75, 3.05) is 27.3 Å². The van der Waals surface area contributed by atoms with Gasteiger partial charge in [0, 0.05) is 12.1 Å². The quantitative estimate of drug-likeness (QED) is 0.774. The van der Waals surface area contributed by atoms with E-state index in [4.69, 9.17) is 9.47 Å². The zero-order valence-electron chi connectivity index (χ0n) is 17.3. The Labute approximate surface area is 172 Å². The largest absolute Gasteiger partial charge is 0.504 e. The molecule has 1 saturated heterocycles. The Kier molecular flexibility index (Phi) is 5.97. The van der Waals surface area contributed by atoms with Gasteiger partial charge in [0.15, 0.2) is 11.5 Å². The summed E-state index contributed by atoms with van der Waals surface area (Å²) in [5.74, 6) is 1.60. The van der Waals surface area contributed by atoms with Gasteiger partial charge in [0.05, 0.1) is 20.3 Å². The van der Waals surface area contributed by atoms with Gasteiger partial charge >= 0.3 is 0 Å². The van der Waals surface area contributed by atoms with Crippen LogP contribution in [0.25, 0.3) is 0 Å². The molecular formula is C24H31NO4. The van der Waals surface area contributed by atoms with E-state index < -0.39 is 6.10 Å². The van der Waals surface area contributed by atoms with Crippen molar-refractivity contribution in [2.45, 2.75) is 38.3 Å². The molecule has 4 rings (SSSR count). The summed E-state index contributed by atoms with van der Waals surface area (Å²) in [6, 6.07) is 12.5. The van der Waals surface area contributed by atoms with Gasteiger partial charge in [-0.05, 0) is 67.8 Å². The minimum absolute atomic E-state index is 0.0227. The second-order valence-corrected chi connectivity index (χ2v) is 8.38. The molecule has 156 valence electrons. The summed E-state index contributed by atoms with van der Waals surface area (Å²) >= 11 is 0. The zero-order valence-corrected chi connectivity index (χ0v) is 17.3. The average Bonchev–Trinajstić information content (AvgIpc) is 3.05. The molecular weight excluding hydrogens is 366 g/mol. The maximum absolute atomic E-state index is 10.9. The van der Waals surface area contributed by atoms with Crippen LogP contribution in [0.5, 0.6) is 17.2 Å². The number of likely N-dealkylation sites (tertiary alicyclic amines) is 1. The summed E-state index contributed by atoms with van der Waals surface area (Å²) in [4.78, 5) is 2.52. The van der Waals surface area contributed by atoms with Gasteiger partial charge in [-0.25, -0.2) is 0 Å². The summed E-state index contributed by atoms with van der Waals surface area (Å²) in [6.07, 6.45) is 3.43. The number of ether oxygens (including phenoxy) is 2. The highest BCUT2D eigenvalue weighted by Crippen LogP contribution is 2.51. The molecule has 2 aromatic rings.